The molecule has 0 spiro atoms. The van der Waals surface area contributed by atoms with Crippen LogP contribution in [0.1, 0.15) is 103 Å². The van der Waals surface area contributed by atoms with E-state index in [-0.39, 0.29) is 5.60 Å². The Morgan fingerprint density at radius 2 is 1.41 bits per heavy atom. The first-order chi connectivity index (χ1) is 13.0. The fraction of sp³-hybridized carbons (Fsp3) is 0.769. The Morgan fingerprint density at radius 3 is 1.96 bits per heavy atom. The Morgan fingerprint density at radius 1 is 0.852 bits per heavy atom. The van der Waals surface area contributed by atoms with Gasteiger partial charge in [0.2, 0.25) is 0 Å². The van der Waals surface area contributed by atoms with Gasteiger partial charge in [-0.05, 0) is 93.6 Å². The normalized spacial score (nSPS) is 29.6. The second kappa shape index (κ2) is 9.59. The monoisotopic (exact) mass is 370 g/mol. The Bertz CT molecular complexity index is 542. The molecule has 0 saturated heterocycles. The molecule has 2 aliphatic rings. The third kappa shape index (κ3) is 6.08. The molecule has 0 radical (unpaired) electrons. The molecule has 0 heterocycles. The molecule has 0 aromatic heterocycles. The summed E-state index contributed by atoms with van der Waals surface area (Å²) in [5, 5.41) is 0. The van der Waals surface area contributed by atoms with Gasteiger partial charge in [-0.3, -0.25) is 0 Å². The minimum Gasteiger partial charge on any atom is -0.375 e. The maximum Gasteiger partial charge on any atom is 0.0666 e. The first-order valence-corrected chi connectivity index (χ1v) is 11.7. The van der Waals surface area contributed by atoms with Crippen LogP contribution >= 0.6 is 0 Å². The highest BCUT2D eigenvalue weighted by molar-refractivity contribution is 5.26. The van der Waals surface area contributed by atoms with E-state index in [4.69, 9.17) is 4.74 Å². The summed E-state index contributed by atoms with van der Waals surface area (Å²) in [4.78, 5) is 0. The van der Waals surface area contributed by atoms with Gasteiger partial charge in [-0.15, -0.1) is 0 Å². The van der Waals surface area contributed by atoms with Crippen LogP contribution in [0.25, 0.3) is 0 Å². The van der Waals surface area contributed by atoms with Crippen molar-refractivity contribution in [1.29, 1.82) is 0 Å². The average molecular weight is 371 g/mol. The number of ether oxygens (including phenoxy) is 1. The summed E-state index contributed by atoms with van der Waals surface area (Å²) in [6.45, 7) is 9.89. The third-order valence-corrected chi connectivity index (χ3v) is 7.28. The van der Waals surface area contributed by atoms with Crippen LogP contribution in [-0.4, -0.2) is 12.2 Å². The fourth-order valence-electron chi connectivity index (χ4n) is 5.51. The number of hydrogen-bond acceptors (Lipinski definition) is 1. The SMILES string of the molecule is CCCOC(C)(C)Cc1ccc(C2CCC(C3CCC(C)CC3)CC2)cc1. The van der Waals surface area contributed by atoms with Crippen molar-refractivity contribution in [2.45, 2.75) is 103 Å². The average Bonchev–Trinajstić information content (AvgIpc) is 2.68. The molecule has 0 aliphatic heterocycles. The van der Waals surface area contributed by atoms with E-state index in [2.05, 4.69) is 52.0 Å². The molecule has 3 rings (SSSR count). The maximum atomic E-state index is 6.01. The van der Waals surface area contributed by atoms with Crippen LogP contribution in [0.4, 0.5) is 0 Å². The van der Waals surface area contributed by atoms with Crippen LogP contribution in [0.3, 0.4) is 0 Å². The van der Waals surface area contributed by atoms with Crippen molar-refractivity contribution in [2.24, 2.45) is 17.8 Å². The smallest absolute Gasteiger partial charge is 0.0666 e. The largest absolute Gasteiger partial charge is 0.375 e. The molecule has 1 aromatic carbocycles. The summed E-state index contributed by atoms with van der Waals surface area (Å²) >= 11 is 0. The lowest BCUT2D eigenvalue weighted by Gasteiger charge is -2.37. The van der Waals surface area contributed by atoms with Gasteiger partial charge in [0.25, 0.3) is 0 Å². The number of rotatable bonds is 7. The molecular formula is C26H42O. The zero-order valence-corrected chi connectivity index (χ0v) is 18.3. The van der Waals surface area contributed by atoms with Crippen LogP contribution in [-0.2, 0) is 11.2 Å². The molecule has 1 nitrogen and oxygen atoms in total. The third-order valence-electron chi connectivity index (χ3n) is 7.28. The molecule has 152 valence electrons. The highest BCUT2D eigenvalue weighted by Crippen LogP contribution is 2.43. The van der Waals surface area contributed by atoms with E-state index in [1.165, 1.54) is 56.9 Å². The van der Waals surface area contributed by atoms with Crippen molar-refractivity contribution in [3.8, 4) is 0 Å². The molecule has 0 amide bonds. The molecule has 1 aromatic rings. The molecule has 1 heteroatoms. The number of hydrogen-bond donors (Lipinski definition) is 0. The van der Waals surface area contributed by atoms with Crippen molar-refractivity contribution in [2.75, 3.05) is 6.61 Å². The fourth-order valence-corrected chi connectivity index (χ4v) is 5.51. The van der Waals surface area contributed by atoms with Gasteiger partial charge in [-0.2, -0.15) is 0 Å². The lowest BCUT2D eigenvalue weighted by Crippen LogP contribution is -2.27. The van der Waals surface area contributed by atoms with E-state index < -0.39 is 0 Å². The summed E-state index contributed by atoms with van der Waals surface area (Å²) in [5.41, 5.74) is 2.92. The van der Waals surface area contributed by atoms with E-state index in [1.807, 2.05) is 0 Å². The quantitative estimate of drug-likeness (QED) is 0.482. The number of benzene rings is 1. The predicted molar refractivity (Wildman–Crippen MR) is 116 cm³/mol. The molecule has 0 atom stereocenters. The second-order valence-electron chi connectivity index (χ2n) is 10.2. The first-order valence-electron chi connectivity index (χ1n) is 11.7. The van der Waals surface area contributed by atoms with Crippen molar-refractivity contribution in [3.05, 3.63) is 35.4 Å². The highest BCUT2D eigenvalue weighted by Gasteiger charge is 2.30. The van der Waals surface area contributed by atoms with Crippen molar-refractivity contribution < 1.29 is 4.74 Å². The van der Waals surface area contributed by atoms with Gasteiger partial charge in [0.15, 0.2) is 0 Å². The van der Waals surface area contributed by atoms with E-state index in [0.717, 1.165) is 43.1 Å². The van der Waals surface area contributed by atoms with Gasteiger partial charge >= 0.3 is 0 Å². The van der Waals surface area contributed by atoms with E-state index >= 15 is 0 Å². The van der Waals surface area contributed by atoms with Gasteiger partial charge in [-0.25, -0.2) is 0 Å². The van der Waals surface area contributed by atoms with E-state index in [0.29, 0.717) is 0 Å². The predicted octanol–water partition coefficient (Wildman–Crippen LogP) is 7.53. The molecule has 0 unspecified atom stereocenters. The summed E-state index contributed by atoms with van der Waals surface area (Å²) in [6, 6.07) is 9.50. The zero-order chi connectivity index (χ0) is 19.3. The molecule has 2 fully saturated rings. The van der Waals surface area contributed by atoms with Gasteiger partial charge in [0.1, 0.15) is 0 Å². The first kappa shape index (κ1) is 20.9. The molecule has 27 heavy (non-hydrogen) atoms. The van der Waals surface area contributed by atoms with Crippen LogP contribution in [0.2, 0.25) is 0 Å². The Kier molecular flexibility index (Phi) is 7.42. The van der Waals surface area contributed by atoms with Gasteiger partial charge in [-0.1, -0.05) is 51.0 Å². The second-order valence-corrected chi connectivity index (χ2v) is 10.2. The molecule has 2 aliphatic carbocycles. The van der Waals surface area contributed by atoms with E-state index in [9.17, 15) is 0 Å². The minimum absolute atomic E-state index is 0.0624. The highest BCUT2D eigenvalue weighted by atomic mass is 16.5. The lowest BCUT2D eigenvalue weighted by molar-refractivity contribution is -0.0165. The summed E-state index contributed by atoms with van der Waals surface area (Å²) in [6.07, 6.45) is 13.8. The van der Waals surface area contributed by atoms with Gasteiger partial charge < -0.3 is 4.74 Å². The lowest BCUT2D eigenvalue weighted by atomic mass is 9.68. The molecule has 0 bridgehead atoms. The van der Waals surface area contributed by atoms with Crippen LogP contribution in [0.5, 0.6) is 0 Å². The van der Waals surface area contributed by atoms with Gasteiger partial charge in [0.05, 0.1) is 5.60 Å². The Labute approximate surface area is 168 Å². The van der Waals surface area contributed by atoms with Gasteiger partial charge in [0, 0.05) is 13.0 Å². The maximum absolute atomic E-state index is 6.01. The topological polar surface area (TPSA) is 9.23 Å². The summed E-state index contributed by atoms with van der Waals surface area (Å²) in [7, 11) is 0. The van der Waals surface area contributed by atoms with E-state index in [1.54, 1.807) is 5.56 Å². The minimum atomic E-state index is -0.0624. The zero-order valence-electron chi connectivity index (χ0n) is 18.3. The molecule has 0 N–H and O–H groups in total. The van der Waals surface area contributed by atoms with Crippen molar-refractivity contribution in [3.63, 3.8) is 0 Å². The van der Waals surface area contributed by atoms with Crippen molar-refractivity contribution >= 4 is 0 Å². The molecule has 2 saturated carbocycles. The Balaban J connectivity index is 1.48. The van der Waals surface area contributed by atoms with Crippen LogP contribution in [0, 0.1) is 17.8 Å². The van der Waals surface area contributed by atoms with Crippen LogP contribution in [0.15, 0.2) is 24.3 Å². The summed E-state index contributed by atoms with van der Waals surface area (Å²) in [5.74, 6) is 3.83. The van der Waals surface area contributed by atoms with Crippen molar-refractivity contribution in [1.82, 2.24) is 0 Å². The van der Waals surface area contributed by atoms with Crippen LogP contribution < -0.4 is 0 Å². The standard InChI is InChI=1S/C26H42O/c1-5-18-27-26(3,4)19-21-8-12-23(13-9-21)25-16-14-24(15-17-25)22-10-6-20(2)7-11-22/h8-9,12-13,20,22,24-25H,5-7,10-11,14-19H2,1-4H3. The Hall–Kier alpha value is -0.820. The summed E-state index contributed by atoms with van der Waals surface area (Å²) < 4.78 is 6.01. The molecular weight excluding hydrogens is 328 g/mol.